The summed E-state index contributed by atoms with van der Waals surface area (Å²) in [5.41, 5.74) is 0. The van der Waals surface area contributed by atoms with E-state index in [1.807, 2.05) is 0 Å². The third-order valence-corrected chi connectivity index (χ3v) is 4.41. The molecule has 0 unspecified atom stereocenters. The molecule has 0 spiro atoms. The molecule has 0 aliphatic heterocycles. The molecule has 0 aliphatic carbocycles. The largest absolute Gasteiger partial charge is 0.480 e. The number of amides is 1. The van der Waals surface area contributed by atoms with Gasteiger partial charge in [0.25, 0.3) is 0 Å². The lowest BCUT2D eigenvalue weighted by Gasteiger charge is -2.08. The Morgan fingerprint density at radius 1 is 0.840 bits per heavy atom. The fourth-order valence-corrected chi connectivity index (χ4v) is 2.73. The fraction of sp³-hybridized carbons (Fsp3) is 0.810. The summed E-state index contributed by atoms with van der Waals surface area (Å²) in [5, 5.41) is 11.2. The van der Waals surface area contributed by atoms with Crippen LogP contribution in [0.4, 0.5) is 0 Å². The lowest BCUT2D eigenvalue weighted by Crippen LogP contribution is -2.38. The predicted octanol–water partition coefficient (Wildman–Crippen LogP) is 5.61. The van der Waals surface area contributed by atoms with Gasteiger partial charge >= 0.3 is 5.97 Å². The first kappa shape index (κ1) is 23.7. The van der Waals surface area contributed by atoms with Crippen molar-refractivity contribution in [3.8, 4) is 0 Å². The first-order chi connectivity index (χ1) is 12.1. The van der Waals surface area contributed by atoms with Gasteiger partial charge in [-0.2, -0.15) is 0 Å². The van der Waals surface area contributed by atoms with Crippen molar-refractivity contribution in [1.29, 1.82) is 0 Å². The number of carbonyl (C=O) groups is 2. The number of allylic oxidation sites excluding steroid dienone is 2. The Morgan fingerprint density at radius 3 is 1.84 bits per heavy atom. The molecule has 146 valence electrons. The summed E-state index contributed by atoms with van der Waals surface area (Å²) in [6, 6.07) is -0.797. The minimum atomic E-state index is -0.989. The summed E-state index contributed by atoms with van der Waals surface area (Å²) in [6.45, 7) is 3.74. The number of hydrogen-bond donors (Lipinski definition) is 2. The van der Waals surface area contributed by atoms with Gasteiger partial charge in [0.05, 0.1) is 0 Å². The Hall–Kier alpha value is -1.32. The zero-order valence-corrected chi connectivity index (χ0v) is 16.4. The van der Waals surface area contributed by atoms with Gasteiger partial charge in [-0.1, -0.05) is 70.4 Å². The monoisotopic (exact) mass is 353 g/mol. The highest BCUT2D eigenvalue weighted by atomic mass is 16.4. The Balaban J connectivity index is 3.30. The molecule has 0 aromatic carbocycles. The van der Waals surface area contributed by atoms with Crippen LogP contribution < -0.4 is 5.32 Å². The maximum atomic E-state index is 11.5. The van der Waals surface area contributed by atoms with Crippen LogP contribution in [-0.2, 0) is 9.59 Å². The lowest BCUT2D eigenvalue weighted by atomic mass is 10.1. The molecule has 0 aromatic heterocycles. The molecule has 0 radical (unpaired) electrons. The van der Waals surface area contributed by atoms with Crippen LogP contribution in [0.1, 0.15) is 104 Å². The molecule has 0 aromatic rings. The SMILES string of the molecule is CCCCCCCCC/C=C/CCCCCCC(=O)N[C@@H](C)C(=O)O. The van der Waals surface area contributed by atoms with Crippen LogP contribution in [0.3, 0.4) is 0 Å². The van der Waals surface area contributed by atoms with Crippen LogP contribution in [0, 0.1) is 0 Å². The number of carboxylic acids is 1. The molecule has 1 amide bonds. The molecule has 0 fully saturated rings. The molecule has 0 saturated carbocycles. The average molecular weight is 354 g/mol. The second-order valence-corrected chi connectivity index (χ2v) is 6.96. The zero-order valence-electron chi connectivity index (χ0n) is 16.4. The lowest BCUT2D eigenvalue weighted by molar-refractivity contribution is -0.141. The van der Waals surface area contributed by atoms with E-state index in [2.05, 4.69) is 24.4 Å². The van der Waals surface area contributed by atoms with Crippen molar-refractivity contribution >= 4 is 11.9 Å². The summed E-state index contributed by atoms with van der Waals surface area (Å²) < 4.78 is 0. The Kier molecular flexibility index (Phi) is 16.6. The molecule has 25 heavy (non-hydrogen) atoms. The van der Waals surface area contributed by atoms with Gasteiger partial charge < -0.3 is 10.4 Å². The van der Waals surface area contributed by atoms with Crippen molar-refractivity contribution in [2.45, 2.75) is 110 Å². The maximum Gasteiger partial charge on any atom is 0.325 e. The van der Waals surface area contributed by atoms with Crippen LogP contribution >= 0.6 is 0 Å². The van der Waals surface area contributed by atoms with E-state index in [4.69, 9.17) is 5.11 Å². The van der Waals surface area contributed by atoms with E-state index in [-0.39, 0.29) is 5.91 Å². The maximum absolute atomic E-state index is 11.5. The van der Waals surface area contributed by atoms with Gasteiger partial charge in [0.15, 0.2) is 0 Å². The highest BCUT2D eigenvalue weighted by Gasteiger charge is 2.12. The third kappa shape index (κ3) is 17.3. The molecule has 4 heteroatoms. The van der Waals surface area contributed by atoms with Crippen molar-refractivity contribution in [2.75, 3.05) is 0 Å². The van der Waals surface area contributed by atoms with Crippen molar-refractivity contribution in [3.05, 3.63) is 12.2 Å². The minimum absolute atomic E-state index is 0.163. The molecular weight excluding hydrogens is 314 g/mol. The molecular formula is C21H39NO3. The van der Waals surface area contributed by atoms with Gasteiger partial charge in [0, 0.05) is 6.42 Å². The highest BCUT2D eigenvalue weighted by molar-refractivity contribution is 5.83. The topological polar surface area (TPSA) is 66.4 Å². The first-order valence-electron chi connectivity index (χ1n) is 10.2. The van der Waals surface area contributed by atoms with E-state index < -0.39 is 12.0 Å². The summed E-state index contributed by atoms with van der Waals surface area (Å²) >= 11 is 0. The Labute approximate surface area is 154 Å². The van der Waals surface area contributed by atoms with Gasteiger partial charge in [0.1, 0.15) is 6.04 Å². The average Bonchev–Trinajstić information content (AvgIpc) is 2.58. The molecule has 4 nitrogen and oxygen atoms in total. The molecule has 0 aliphatic rings. The third-order valence-electron chi connectivity index (χ3n) is 4.41. The van der Waals surface area contributed by atoms with Crippen molar-refractivity contribution in [1.82, 2.24) is 5.32 Å². The van der Waals surface area contributed by atoms with E-state index in [0.717, 1.165) is 25.7 Å². The fourth-order valence-electron chi connectivity index (χ4n) is 2.73. The van der Waals surface area contributed by atoms with Crippen LogP contribution in [0.5, 0.6) is 0 Å². The quantitative estimate of drug-likeness (QED) is 0.264. The van der Waals surface area contributed by atoms with Crippen LogP contribution in [-0.4, -0.2) is 23.0 Å². The van der Waals surface area contributed by atoms with E-state index in [1.165, 1.54) is 64.7 Å². The zero-order chi connectivity index (χ0) is 18.8. The van der Waals surface area contributed by atoms with Gasteiger partial charge in [-0.25, -0.2) is 0 Å². The summed E-state index contributed by atoms with van der Waals surface area (Å²) in [4.78, 5) is 22.1. The molecule has 2 N–H and O–H groups in total. The normalized spacial score (nSPS) is 12.4. The van der Waals surface area contributed by atoms with Crippen LogP contribution in [0.25, 0.3) is 0 Å². The second-order valence-electron chi connectivity index (χ2n) is 6.96. The number of aliphatic carboxylic acids is 1. The first-order valence-corrected chi connectivity index (χ1v) is 10.2. The number of carboxylic acid groups (broad SMARTS) is 1. The smallest absolute Gasteiger partial charge is 0.325 e. The standard InChI is InChI=1S/C21H39NO3/c1-3-4-5-6-7-8-9-10-11-12-13-14-15-16-17-18-20(23)22-19(2)21(24)25/h11-12,19H,3-10,13-18H2,1-2H3,(H,22,23)(H,24,25)/b12-11+/t19-/m0/s1. The molecule has 0 saturated heterocycles. The number of nitrogens with one attached hydrogen (secondary N) is 1. The number of carbonyl (C=O) groups excluding carboxylic acids is 1. The summed E-state index contributed by atoms with van der Waals surface area (Å²) in [7, 11) is 0. The van der Waals surface area contributed by atoms with Crippen molar-refractivity contribution in [3.63, 3.8) is 0 Å². The van der Waals surface area contributed by atoms with E-state index >= 15 is 0 Å². The van der Waals surface area contributed by atoms with Crippen LogP contribution in [0.15, 0.2) is 12.2 Å². The molecule has 0 rings (SSSR count). The highest BCUT2D eigenvalue weighted by Crippen LogP contribution is 2.10. The predicted molar refractivity (Wildman–Crippen MR) is 105 cm³/mol. The van der Waals surface area contributed by atoms with Crippen LogP contribution in [0.2, 0.25) is 0 Å². The van der Waals surface area contributed by atoms with Gasteiger partial charge in [-0.3, -0.25) is 9.59 Å². The molecule has 0 heterocycles. The van der Waals surface area contributed by atoms with Gasteiger partial charge in [0.2, 0.25) is 5.91 Å². The Bertz CT molecular complexity index is 366. The van der Waals surface area contributed by atoms with Crippen molar-refractivity contribution < 1.29 is 14.7 Å². The number of hydrogen-bond acceptors (Lipinski definition) is 2. The molecule has 1 atom stereocenters. The molecule has 0 bridgehead atoms. The second kappa shape index (κ2) is 17.5. The van der Waals surface area contributed by atoms with E-state index in [0.29, 0.717) is 6.42 Å². The summed E-state index contributed by atoms with van der Waals surface area (Å²) in [5.74, 6) is -1.15. The van der Waals surface area contributed by atoms with E-state index in [9.17, 15) is 9.59 Å². The van der Waals surface area contributed by atoms with E-state index in [1.54, 1.807) is 0 Å². The number of unbranched alkanes of at least 4 members (excludes halogenated alkanes) is 11. The summed E-state index contributed by atoms with van der Waals surface area (Å²) in [6.07, 6.45) is 21.1. The van der Waals surface area contributed by atoms with Gasteiger partial charge in [-0.15, -0.1) is 0 Å². The van der Waals surface area contributed by atoms with Gasteiger partial charge in [-0.05, 0) is 39.0 Å². The minimum Gasteiger partial charge on any atom is -0.480 e. The Morgan fingerprint density at radius 2 is 1.32 bits per heavy atom. The number of rotatable bonds is 17. The van der Waals surface area contributed by atoms with Crippen molar-refractivity contribution in [2.24, 2.45) is 0 Å².